The van der Waals surface area contributed by atoms with E-state index in [0.29, 0.717) is 24.3 Å². The summed E-state index contributed by atoms with van der Waals surface area (Å²) in [6, 6.07) is 8.71. The zero-order valence-corrected chi connectivity index (χ0v) is 10.2. The Balaban J connectivity index is 1.95. The van der Waals surface area contributed by atoms with Crippen molar-refractivity contribution in [2.75, 3.05) is 6.54 Å². The monoisotopic (exact) mass is 255 g/mol. The minimum Gasteiger partial charge on any atom is -0.364 e. The molecule has 19 heavy (non-hydrogen) atoms. The third-order valence-corrected chi connectivity index (χ3v) is 2.40. The molecule has 0 unspecified atom stereocenters. The van der Waals surface area contributed by atoms with E-state index in [2.05, 4.69) is 26.8 Å². The van der Waals surface area contributed by atoms with Crippen LogP contribution in [0.1, 0.15) is 21.6 Å². The summed E-state index contributed by atoms with van der Waals surface area (Å²) in [6.45, 7) is 0.657. The van der Waals surface area contributed by atoms with Crippen molar-refractivity contribution in [3.05, 3.63) is 53.4 Å². The molecule has 2 rings (SSSR count). The van der Waals surface area contributed by atoms with Crippen molar-refractivity contribution < 1.29 is 9.32 Å². The van der Waals surface area contributed by atoms with E-state index in [4.69, 9.17) is 5.73 Å². The van der Waals surface area contributed by atoms with Gasteiger partial charge in [-0.15, -0.1) is 0 Å². The SMILES string of the molecule is NCC#Cc1ccc(C(=O)NCc2ccon2)cc1. The number of carbonyl (C=O) groups is 1. The van der Waals surface area contributed by atoms with Crippen LogP contribution in [-0.4, -0.2) is 17.6 Å². The molecule has 3 N–H and O–H groups in total. The predicted octanol–water partition coefficient (Wildman–Crippen LogP) is 0.915. The van der Waals surface area contributed by atoms with Gasteiger partial charge < -0.3 is 15.6 Å². The highest BCUT2D eigenvalue weighted by atomic mass is 16.5. The van der Waals surface area contributed by atoms with Crippen LogP contribution in [0.25, 0.3) is 0 Å². The average molecular weight is 255 g/mol. The maximum absolute atomic E-state index is 11.8. The second-order valence-electron chi connectivity index (χ2n) is 3.76. The van der Waals surface area contributed by atoms with Gasteiger partial charge in [-0.2, -0.15) is 0 Å². The number of rotatable bonds is 3. The molecule has 1 aromatic carbocycles. The molecule has 0 bridgehead atoms. The Kier molecular flexibility index (Phi) is 4.32. The molecule has 1 heterocycles. The van der Waals surface area contributed by atoms with Crippen LogP contribution in [0.15, 0.2) is 41.1 Å². The lowest BCUT2D eigenvalue weighted by Crippen LogP contribution is -2.22. The standard InChI is InChI=1S/C14H13N3O2/c15-8-1-2-11-3-5-12(6-4-11)14(18)16-10-13-7-9-19-17-13/h3-7,9H,8,10,15H2,(H,16,18). The maximum atomic E-state index is 11.8. The summed E-state index contributed by atoms with van der Waals surface area (Å²) in [5.74, 6) is 5.49. The van der Waals surface area contributed by atoms with E-state index in [1.54, 1.807) is 30.3 Å². The average Bonchev–Trinajstić information content (AvgIpc) is 2.96. The van der Waals surface area contributed by atoms with Crippen LogP contribution in [0.4, 0.5) is 0 Å². The summed E-state index contributed by atoms with van der Waals surface area (Å²) in [5.41, 5.74) is 7.37. The first-order chi connectivity index (χ1) is 9.29. The lowest BCUT2D eigenvalue weighted by atomic mass is 10.1. The number of carbonyl (C=O) groups excluding carboxylic acids is 1. The van der Waals surface area contributed by atoms with E-state index >= 15 is 0 Å². The van der Waals surface area contributed by atoms with Gasteiger partial charge in [-0.25, -0.2) is 0 Å². The molecule has 5 heteroatoms. The molecule has 0 aliphatic heterocycles. The number of aromatic nitrogens is 1. The first-order valence-corrected chi connectivity index (χ1v) is 5.76. The largest absolute Gasteiger partial charge is 0.364 e. The van der Waals surface area contributed by atoms with E-state index in [1.165, 1.54) is 6.26 Å². The van der Waals surface area contributed by atoms with E-state index in [9.17, 15) is 4.79 Å². The maximum Gasteiger partial charge on any atom is 0.251 e. The van der Waals surface area contributed by atoms with Gasteiger partial charge in [0.25, 0.3) is 5.91 Å². The van der Waals surface area contributed by atoms with E-state index in [1.807, 2.05) is 0 Å². The molecule has 5 nitrogen and oxygen atoms in total. The summed E-state index contributed by atoms with van der Waals surface area (Å²) >= 11 is 0. The molecule has 0 atom stereocenters. The number of benzene rings is 1. The van der Waals surface area contributed by atoms with Crippen LogP contribution in [0.3, 0.4) is 0 Å². The quantitative estimate of drug-likeness (QED) is 0.799. The molecule has 0 saturated heterocycles. The fourth-order valence-corrected chi connectivity index (χ4v) is 1.46. The van der Waals surface area contributed by atoms with Crippen molar-refractivity contribution in [3.8, 4) is 11.8 Å². The van der Waals surface area contributed by atoms with Gasteiger partial charge >= 0.3 is 0 Å². The highest BCUT2D eigenvalue weighted by molar-refractivity contribution is 5.94. The second-order valence-corrected chi connectivity index (χ2v) is 3.76. The molecule has 0 spiro atoms. The molecule has 96 valence electrons. The number of nitrogens with two attached hydrogens (primary N) is 1. The van der Waals surface area contributed by atoms with Gasteiger partial charge in [0.1, 0.15) is 12.0 Å². The molecular formula is C14H13N3O2. The number of hydrogen-bond acceptors (Lipinski definition) is 4. The summed E-state index contributed by atoms with van der Waals surface area (Å²) in [4.78, 5) is 11.8. The van der Waals surface area contributed by atoms with Crippen molar-refractivity contribution in [2.45, 2.75) is 6.54 Å². The highest BCUT2D eigenvalue weighted by Crippen LogP contribution is 2.04. The van der Waals surface area contributed by atoms with Gasteiger partial charge in [-0.3, -0.25) is 4.79 Å². The molecule has 1 aromatic heterocycles. The summed E-state index contributed by atoms with van der Waals surface area (Å²) in [6.07, 6.45) is 1.46. The second kappa shape index (κ2) is 6.38. The normalized spacial score (nSPS) is 9.53. The Morgan fingerprint density at radius 3 is 2.74 bits per heavy atom. The van der Waals surface area contributed by atoms with Gasteiger partial charge in [0.2, 0.25) is 0 Å². The van der Waals surface area contributed by atoms with Gasteiger partial charge in [0.05, 0.1) is 13.1 Å². The lowest BCUT2D eigenvalue weighted by molar-refractivity contribution is 0.0950. The number of hydrogen-bond donors (Lipinski definition) is 2. The Morgan fingerprint density at radius 1 is 1.32 bits per heavy atom. The lowest BCUT2D eigenvalue weighted by Gasteiger charge is -2.02. The van der Waals surface area contributed by atoms with Crippen LogP contribution in [0.5, 0.6) is 0 Å². The number of nitrogens with zero attached hydrogens (tertiary/aromatic N) is 1. The van der Waals surface area contributed by atoms with Gasteiger partial charge in [-0.1, -0.05) is 17.0 Å². The Morgan fingerprint density at radius 2 is 2.11 bits per heavy atom. The van der Waals surface area contributed by atoms with Crippen LogP contribution in [0.2, 0.25) is 0 Å². The zero-order valence-electron chi connectivity index (χ0n) is 10.2. The fourth-order valence-electron chi connectivity index (χ4n) is 1.46. The molecular weight excluding hydrogens is 242 g/mol. The molecule has 2 aromatic rings. The minimum atomic E-state index is -0.165. The molecule has 0 saturated carbocycles. The topological polar surface area (TPSA) is 81.2 Å². The van der Waals surface area contributed by atoms with Crippen molar-refractivity contribution in [1.29, 1.82) is 0 Å². The van der Waals surface area contributed by atoms with Crippen LogP contribution in [0, 0.1) is 11.8 Å². The molecule has 0 fully saturated rings. The summed E-state index contributed by atoms with van der Waals surface area (Å²) in [5, 5.41) is 6.46. The van der Waals surface area contributed by atoms with E-state index < -0.39 is 0 Å². The smallest absolute Gasteiger partial charge is 0.251 e. The Bertz CT molecular complexity index is 592. The van der Waals surface area contributed by atoms with Crippen LogP contribution < -0.4 is 11.1 Å². The molecule has 0 aliphatic carbocycles. The summed E-state index contributed by atoms with van der Waals surface area (Å²) < 4.78 is 4.68. The molecule has 1 amide bonds. The zero-order chi connectivity index (χ0) is 13.5. The minimum absolute atomic E-state index is 0.165. The van der Waals surface area contributed by atoms with Crippen molar-refractivity contribution in [3.63, 3.8) is 0 Å². The molecule has 0 radical (unpaired) electrons. The highest BCUT2D eigenvalue weighted by Gasteiger charge is 2.05. The third-order valence-electron chi connectivity index (χ3n) is 2.40. The third kappa shape index (κ3) is 3.69. The van der Waals surface area contributed by atoms with Crippen LogP contribution in [-0.2, 0) is 6.54 Å². The number of nitrogens with one attached hydrogen (secondary N) is 1. The van der Waals surface area contributed by atoms with E-state index in [0.717, 1.165) is 5.56 Å². The Labute approximate surface area is 110 Å². The Hall–Kier alpha value is -2.58. The van der Waals surface area contributed by atoms with Crippen LogP contribution >= 0.6 is 0 Å². The molecule has 0 aliphatic rings. The summed E-state index contributed by atoms with van der Waals surface area (Å²) in [7, 11) is 0. The van der Waals surface area contributed by atoms with Crippen molar-refractivity contribution in [2.24, 2.45) is 5.73 Å². The first-order valence-electron chi connectivity index (χ1n) is 5.76. The predicted molar refractivity (Wildman–Crippen MR) is 70.0 cm³/mol. The van der Waals surface area contributed by atoms with Gasteiger partial charge in [0, 0.05) is 17.2 Å². The van der Waals surface area contributed by atoms with Gasteiger partial charge in [-0.05, 0) is 24.3 Å². The first kappa shape index (κ1) is 12.9. The fraction of sp³-hybridized carbons (Fsp3) is 0.143. The van der Waals surface area contributed by atoms with Gasteiger partial charge in [0.15, 0.2) is 0 Å². The van der Waals surface area contributed by atoms with Crippen molar-refractivity contribution >= 4 is 5.91 Å². The number of amides is 1. The van der Waals surface area contributed by atoms with Crippen molar-refractivity contribution in [1.82, 2.24) is 10.5 Å². The van der Waals surface area contributed by atoms with E-state index in [-0.39, 0.29) is 5.91 Å².